The summed E-state index contributed by atoms with van der Waals surface area (Å²) in [5.74, 6) is 0.0825. The molecule has 26 atom stereocenters. The fraction of sp³-hybridized carbons (Fsp3) is 0.936. The van der Waals surface area contributed by atoms with Gasteiger partial charge < -0.3 is 88.6 Å². The maximum Gasteiger partial charge on any atom is 0.331 e. The van der Waals surface area contributed by atoms with Gasteiger partial charge in [0.25, 0.3) is 0 Å². The third kappa shape index (κ3) is 8.64. The lowest BCUT2D eigenvalue weighted by molar-refractivity contribution is -0.355. The van der Waals surface area contributed by atoms with Gasteiger partial charge in [0.15, 0.2) is 25.2 Å². The van der Waals surface area contributed by atoms with E-state index >= 15 is 0 Å². The highest BCUT2D eigenvalue weighted by molar-refractivity contribution is 5.85. The number of rotatable bonds is 10. The smallest absolute Gasteiger partial charge is 0.331 e. The number of hydrogen-bond donors (Lipinski definition) is 9. The van der Waals surface area contributed by atoms with Gasteiger partial charge in [-0.1, -0.05) is 13.8 Å². The van der Waals surface area contributed by atoms with E-state index in [1.807, 2.05) is 13.8 Å². The first-order chi connectivity index (χ1) is 31.2. The highest BCUT2D eigenvalue weighted by Gasteiger charge is 2.71. The van der Waals surface area contributed by atoms with Crippen molar-refractivity contribution in [3.05, 3.63) is 11.6 Å². The van der Waals surface area contributed by atoms with Crippen LogP contribution in [-0.4, -0.2) is 187 Å². The van der Waals surface area contributed by atoms with Crippen molar-refractivity contribution in [3.8, 4) is 0 Å². The molecule has 9 rings (SSSR count). The molecule has 17 unspecified atom stereocenters. The molecule has 0 aromatic rings. The van der Waals surface area contributed by atoms with Crippen LogP contribution in [0.15, 0.2) is 11.6 Å². The Morgan fingerprint density at radius 3 is 1.77 bits per heavy atom. The summed E-state index contributed by atoms with van der Waals surface area (Å²) in [6, 6.07) is 0. The van der Waals surface area contributed by atoms with Crippen molar-refractivity contribution < 1.29 is 93.4 Å². The van der Waals surface area contributed by atoms with Crippen LogP contribution >= 0.6 is 0 Å². The Bertz CT molecular complexity index is 1720. The molecular formula is C47H74O19. The molecule has 0 aromatic carbocycles. The zero-order valence-electron chi connectivity index (χ0n) is 38.7. The van der Waals surface area contributed by atoms with Crippen LogP contribution in [-0.2, 0) is 47.4 Å². The molecule has 0 aromatic heterocycles. The zero-order chi connectivity index (χ0) is 47.2. The number of aliphatic hydroxyl groups is 9. The Labute approximate surface area is 385 Å². The van der Waals surface area contributed by atoms with E-state index in [1.165, 1.54) is 0 Å². The van der Waals surface area contributed by atoms with E-state index in [1.54, 1.807) is 19.9 Å². The van der Waals surface area contributed by atoms with Gasteiger partial charge in [0.05, 0.1) is 61.0 Å². The molecule has 5 aliphatic heterocycles. The van der Waals surface area contributed by atoms with Gasteiger partial charge in [0.2, 0.25) is 0 Å². The van der Waals surface area contributed by atoms with Crippen molar-refractivity contribution in [2.45, 2.75) is 228 Å². The van der Waals surface area contributed by atoms with Crippen molar-refractivity contribution in [2.24, 2.45) is 34.5 Å². The molecule has 4 saturated carbocycles. The molecule has 19 nitrogen and oxygen atoms in total. The van der Waals surface area contributed by atoms with Crippen LogP contribution in [0.1, 0.15) is 105 Å². The number of esters is 1. The van der Waals surface area contributed by atoms with Gasteiger partial charge in [-0.2, -0.15) is 0 Å². The highest BCUT2D eigenvalue weighted by Crippen LogP contribution is 2.70. The number of cyclic esters (lactones) is 1. The summed E-state index contributed by atoms with van der Waals surface area (Å²) in [4.78, 5) is 12.0. The lowest BCUT2D eigenvalue weighted by Gasteiger charge is -2.65. The normalized spacial score (nSPS) is 55.3. The first-order valence-corrected chi connectivity index (χ1v) is 24.5. The number of aliphatic hydroxyl groups excluding tert-OH is 8. The summed E-state index contributed by atoms with van der Waals surface area (Å²) in [5.41, 5.74) is -0.989. The third-order valence-electron chi connectivity index (χ3n) is 18.1. The summed E-state index contributed by atoms with van der Waals surface area (Å²) in [7, 11) is 0. The van der Waals surface area contributed by atoms with E-state index in [0.717, 1.165) is 44.1 Å². The van der Waals surface area contributed by atoms with Crippen LogP contribution in [0.5, 0.6) is 0 Å². The molecule has 66 heavy (non-hydrogen) atoms. The molecule has 5 heterocycles. The largest absolute Gasteiger partial charge is 0.458 e. The Balaban J connectivity index is 0.737. The zero-order valence-corrected chi connectivity index (χ0v) is 38.7. The molecule has 4 saturated heterocycles. The van der Waals surface area contributed by atoms with E-state index in [0.29, 0.717) is 18.8 Å². The number of carbonyl (C=O) groups is 1. The molecular weight excluding hydrogens is 868 g/mol. The number of carbonyl (C=O) groups excluding carboxylic acids is 1. The fourth-order valence-electron chi connectivity index (χ4n) is 14.3. The van der Waals surface area contributed by atoms with Crippen molar-refractivity contribution in [2.75, 3.05) is 13.2 Å². The van der Waals surface area contributed by atoms with E-state index in [4.69, 9.17) is 42.6 Å². The Kier molecular flexibility index (Phi) is 14.2. The molecule has 9 N–H and O–H groups in total. The van der Waals surface area contributed by atoms with Gasteiger partial charge in [0.1, 0.15) is 49.3 Å². The predicted octanol–water partition coefficient (Wildman–Crippen LogP) is 0.0423. The van der Waals surface area contributed by atoms with E-state index in [2.05, 4.69) is 6.92 Å². The van der Waals surface area contributed by atoms with Crippen molar-refractivity contribution in [1.29, 1.82) is 0 Å². The maximum atomic E-state index is 12.6. The summed E-state index contributed by atoms with van der Waals surface area (Å²) < 4.78 is 53.9. The molecule has 0 spiro atoms. The van der Waals surface area contributed by atoms with Crippen LogP contribution in [0.3, 0.4) is 0 Å². The van der Waals surface area contributed by atoms with Crippen molar-refractivity contribution in [3.63, 3.8) is 0 Å². The predicted molar refractivity (Wildman–Crippen MR) is 225 cm³/mol. The minimum Gasteiger partial charge on any atom is -0.458 e. The van der Waals surface area contributed by atoms with Gasteiger partial charge in [-0.05, 0) is 107 Å². The Hall–Kier alpha value is -1.47. The SMILES string of the molecule is CC1OC(O[C@H]2CC[C@@]3(C)[C@H](CC[C@@H]4[C@@H]3C[C@@H](O)[C@]3(C)[C@@H](C5=CC(=O)OC5)CC[C@]43O)C2)CC(O)C1OC1CC(O)C(OC2CC(O)C(OC3OC(CO)C(O)C(O)C3O)C(C)O2)C(C)O1. The van der Waals surface area contributed by atoms with Crippen LogP contribution in [0.25, 0.3) is 0 Å². The van der Waals surface area contributed by atoms with E-state index in [-0.39, 0.29) is 61.1 Å². The summed E-state index contributed by atoms with van der Waals surface area (Å²) in [6.45, 7) is 9.11. The average Bonchev–Trinajstić information content (AvgIpc) is 3.82. The van der Waals surface area contributed by atoms with E-state index < -0.39 is 128 Å². The fourth-order valence-corrected chi connectivity index (χ4v) is 14.3. The third-order valence-corrected chi connectivity index (χ3v) is 18.1. The van der Waals surface area contributed by atoms with E-state index in [9.17, 15) is 50.8 Å². The second kappa shape index (κ2) is 18.9. The number of fused-ring (bicyclic) bond motifs is 5. The molecule has 376 valence electrons. The first-order valence-electron chi connectivity index (χ1n) is 24.5. The topological polar surface area (TPSA) is 282 Å². The van der Waals surface area contributed by atoms with Gasteiger partial charge in [0, 0.05) is 30.8 Å². The van der Waals surface area contributed by atoms with Gasteiger partial charge in [-0.25, -0.2) is 4.79 Å². The minimum atomic E-state index is -1.65. The molecule has 8 fully saturated rings. The first kappa shape index (κ1) is 49.5. The quantitative estimate of drug-likeness (QED) is 0.103. The second-order valence-corrected chi connectivity index (χ2v) is 21.6. The van der Waals surface area contributed by atoms with Gasteiger partial charge >= 0.3 is 5.97 Å². The van der Waals surface area contributed by atoms with Crippen LogP contribution in [0.4, 0.5) is 0 Å². The van der Waals surface area contributed by atoms with Crippen molar-refractivity contribution in [1.82, 2.24) is 0 Å². The molecule has 0 bridgehead atoms. The minimum absolute atomic E-state index is 0.0188. The monoisotopic (exact) mass is 942 g/mol. The van der Waals surface area contributed by atoms with Crippen molar-refractivity contribution >= 4 is 5.97 Å². The second-order valence-electron chi connectivity index (χ2n) is 21.6. The average molecular weight is 943 g/mol. The van der Waals surface area contributed by atoms with Crippen LogP contribution in [0, 0.1) is 34.5 Å². The van der Waals surface area contributed by atoms with Crippen LogP contribution in [0.2, 0.25) is 0 Å². The molecule has 9 aliphatic rings. The molecule has 4 aliphatic carbocycles. The van der Waals surface area contributed by atoms with Gasteiger partial charge in [-0.15, -0.1) is 0 Å². The molecule has 0 amide bonds. The summed E-state index contributed by atoms with van der Waals surface area (Å²) >= 11 is 0. The highest BCUT2D eigenvalue weighted by atomic mass is 16.8. The maximum absolute atomic E-state index is 12.6. The summed E-state index contributed by atoms with van der Waals surface area (Å²) in [6.07, 6.45) is -10.8. The molecule has 0 radical (unpaired) electrons. The summed E-state index contributed by atoms with van der Waals surface area (Å²) in [5, 5.41) is 98.4. The number of ether oxygens (including phenoxy) is 9. The van der Waals surface area contributed by atoms with Gasteiger partial charge in [-0.3, -0.25) is 0 Å². The standard InChI is InChI=1S/C47H74O19/c1-20-41(64-36-16-30(50)42(21(2)60-36)65-37-17-31(51)43(22(3)61-37)66-44-40(56)39(55)38(54)32(18-48)63-44)29(49)15-35(59-20)62-25-8-10-45(4)24(13-25)6-7-27-28(45)14-33(52)46(5)26(9-11-47(27,46)57)23-12-34(53)58-19-23/h12,20-22,24-33,35-44,48-52,54-57H,6-11,13-19H2,1-5H3/t20?,21?,22?,24-,25+,26-,27-,28+,29?,30?,31?,32?,33-,35?,36?,37?,38?,39?,40?,41?,42?,43?,44?,45+,46+,47+/m1/s1. The number of hydrogen-bond acceptors (Lipinski definition) is 19. The lowest BCUT2D eigenvalue weighted by Crippen LogP contribution is -2.67. The Morgan fingerprint density at radius 2 is 1.23 bits per heavy atom. The molecule has 19 heteroatoms. The lowest BCUT2D eigenvalue weighted by atomic mass is 9.42. The Morgan fingerprint density at radius 1 is 0.652 bits per heavy atom. The van der Waals surface area contributed by atoms with Crippen LogP contribution < -0.4 is 0 Å².